The molecular weight excluding hydrogens is 600 g/mol. The second-order valence-corrected chi connectivity index (χ2v) is 13.1. The highest BCUT2D eigenvalue weighted by atomic mass is 16.5. The summed E-state index contributed by atoms with van der Waals surface area (Å²) in [4.78, 5) is 37.4. The molecule has 4 heterocycles. The van der Waals surface area contributed by atoms with Crippen LogP contribution in [0.25, 0.3) is 11.1 Å². The van der Waals surface area contributed by atoms with Gasteiger partial charge in [-0.2, -0.15) is 0 Å². The lowest BCUT2D eigenvalue weighted by atomic mass is 10.0. The Kier molecular flexibility index (Phi) is 9.67. The highest BCUT2D eigenvalue weighted by Crippen LogP contribution is 2.29. The van der Waals surface area contributed by atoms with Crippen molar-refractivity contribution in [3.63, 3.8) is 0 Å². The number of rotatable bonds is 8. The molecule has 9 heteroatoms. The van der Waals surface area contributed by atoms with Crippen LogP contribution in [0.2, 0.25) is 0 Å². The van der Waals surface area contributed by atoms with Crippen molar-refractivity contribution >= 4 is 17.6 Å². The lowest BCUT2D eigenvalue weighted by Crippen LogP contribution is -2.48. The number of nitrogens with two attached hydrogens (primary N) is 1. The van der Waals surface area contributed by atoms with Gasteiger partial charge in [-0.1, -0.05) is 54.6 Å². The fourth-order valence-electron chi connectivity index (χ4n) is 7.19. The number of ether oxygens (including phenoxy) is 1. The van der Waals surface area contributed by atoms with E-state index in [0.717, 1.165) is 49.2 Å². The molecule has 48 heavy (non-hydrogen) atoms. The molecule has 0 bridgehead atoms. The van der Waals surface area contributed by atoms with Gasteiger partial charge in [0.1, 0.15) is 6.61 Å². The number of benzene rings is 3. The van der Waals surface area contributed by atoms with Crippen LogP contribution in [0.5, 0.6) is 5.75 Å². The van der Waals surface area contributed by atoms with Gasteiger partial charge in [-0.15, -0.1) is 0 Å². The second kappa shape index (κ2) is 14.6. The first-order valence-electron chi connectivity index (χ1n) is 17.2. The number of carbonyl (C=O) groups is 2. The van der Waals surface area contributed by atoms with Crippen LogP contribution in [0.4, 0.5) is 5.82 Å². The molecule has 0 radical (unpaired) electrons. The maximum absolute atomic E-state index is 13.3. The van der Waals surface area contributed by atoms with Crippen molar-refractivity contribution < 1.29 is 14.3 Å². The average Bonchev–Trinajstić information content (AvgIpc) is 3.70. The van der Waals surface area contributed by atoms with Crippen molar-refractivity contribution in [1.82, 2.24) is 25.0 Å². The molecule has 7 rings (SSSR count). The molecule has 0 spiro atoms. The zero-order valence-corrected chi connectivity index (χ0v) is 27.4. The molecule has 0 aliphatic carbocycles. The van der Waals surface area contributed by atoms with Gasteiger partial charge >= 0.3 is 0 Å². The van der Waals surface area contributed by atoms with Gasteiger partial charge in [-0.3, -0.25) is 9.59 Å². The number of pyridine rings is 1. The van der Waals surface area contributed by atoms with Gasteiger partial charge in [0.15, 0.2) is 11.6 Å². The Morgan fingerprint density at radius 1 is 0.792 bits per heavy atom. The van der Waals surface area contributed by atoms with E-state index >= 15 is 0 Å². The molecule has 2 amide bonds. The van der Waals surface area contributed by atoms with E-state index in [0.29, 0.717) is 41.8 Å². The fourth-order valence-corrected chi connectivity index (χ4v) is 7.19. The zero-order chi connectivity index (χ0) is 32.9. The zero-order valence-electron chi connectivity index (χ0n) is 27.4. The standard InChI is InChI=1S/C39H44N6O3/c40-37-36(48-27-28-8-10-31(11-9-28)39(47)45-23-18-41-35(26-45)30-6-2-1-3-7-30)24-33(25-42-37)29-12-14-32(15-13-29)38(46)44-21-16-34(17-22-44)43-19-4-5-20-43/h1-3,6-15,24-25,34-35,41H,4-5,16-23,26-27H2,(H2,40,42). The Bertz CT molecular complexity index is 1700. The number of amides is 2. The topological polar surface area (TPSA) is 104 Å². The van der Waals surface area contributed by atoms with Crippen LogP contribution in [0.3, 0.4) is 0 Å². The number of nitrogens with one attached hydrogen (secondary N) is 1. The summed E-state index contributed by atoms with van der Waals surface area (Å²) >= 11 is 0. The Balaban J connectivity index is 0.935. The smallest absolute Gasteiger partial charge is 0.253 e. The van der Waals surface area contributed by atoms with Crippen molar-refractivity contribution in [1.29, 1.82) is 0 Å². The first-order valence-corrected chi connectivity index (χ1v) is 17.2. The predicted octanol–water partition coefficient (Wildman–Crippen LogP) is 5.40. The molecule has 0 saturated carbocycles. The van der Waals surface area contributed by atoms with Crippen LogP contribution in [-0.4, -0.2) is 83.4 Å². The third-order valence-electron chi connectivity index (χ3n) is 10.0. The monoisotopic (exact) mass is 644 g/mol. The van der Waals surface area contributed by atoms with Gasteiger partial charge in [0.05, 0.1) is 0 Å². The maximum atomic E-state index is 13.3. The van der Waals surface area contributed by atoms with Crippen molar-refractivity contribution in [2.24, 2.45) is 0 Å². The third-order valence-corrected chi connectivity index (χ3v) is 10.0. The van der Waals surface area contributed by atoms with E-state index in [1.807, 2.05) is 82.6 Å². The van der Waals surface area contributed by atoms with Crippen LogP contribution < -0.4 is 15.8 Å². The number of aromatic nitrogens is 1. The maximum Gasteiger partial charge on any atom is 0.253 e. The number of likely N-dealkylation sites (tertiary alicyclic amines) is 2. The lowest BCUT2D eigenvalue weighted by molar-refractivity contribution is 0.0643. The minimum atomic E-state index is 0.0286. The molecule has 3 fully saturated rings. The highest BCUT2D eigenvalue weighted by Gasteiger charge is 2.29. The number of nitrogen functional groups attached to an aromatic ring is 1. The summed E-state index contributed by atoms with van der Waals surface area (Å²) in [5, 5.41) is 3.52. The normalized spacial score (nSPS) is 19.0. The van der Waals surface area contributed by atoms with Crippen LogP contribution >= 0.6 is 0 Å². The highest BCUT2D eigenvalue weighted by molar-refractivity contribution is 5.95. The summed E-state index contributed by atoms with van der Waals surface area (Å²) in [5.74, 6) is 0.918. The largest absolute Gasteiger partial charge is 0.485 e. The summed E-state index contributed by atoms with van der Waals surface area (Å²) < 4.78 is 6.10. The summed E-state index contributed by atoms with van der Waals surface area (Å²) in [7, 11) is 0. The van der Waals surface area contributed by atoms with E-state index in [-0.39, 0.29) is 24.5 Å². The molecule has 4 aromatic rings. The molecule has 3 N–H and O–H groups in total. The number of piperidine rings is 1. The number of hydrogen-bond acceptors (Lipinski definition) is 7. The van der Waals surface area contributed by atoms with Crippen molar-refractivity contribution in [3.8, 4) is 16.9 Å². The molecule has 9 nitrogen and oxygen atoms in total. The van der Waals surface area contributed by atoms with Crippen LogP contribution in [0.1, 0.15) is 63.6 Å². The Labute approximate surface area is 282 Å². The average molecular weight is 645 g/mol. The van der Waals surface area contributed by atoms with E-state index in [1.54, 1.807) is 6.20 Å². The summed E-state index contributed by atoms with van der Waals surface area (Å²) in [6, 6.07) is 28.1. The van der Waals surface area contributed by atoms with Crippen molar-refractivity contribution in [2.75, 3.05) is 51.5 Å². The molecule has 1 aromatic heterocycles. The van der Waals surface area contributed by atoms with Gasteiger partial charge in [-0.25, -0.2) is 4.98 Å². The Hall–Kier alpha value is -4.73. The first-order chi connectivity index (χ1) is 23.5. The minimum absolute atomic E-state index is 0.0286. The molecular formula is C39H44N6O3. The van der Waals surface area contributed by atoms with Crippen LogP contribution in [0, 0.1) is 0 Å². The van der Waals surface area contributed by atoms with E-state index < -0.39 is 0 Å². The number of nitrogens with zero attached hydrogens (tertiary/aromatic N) is 4. The molecule has 1 unspecified atom stereocenters. The first kappa shape index (κ1) is 31.8. The molecule has 3 aliphatic rings. The SMILES string of the molecule is Nc1ncc(-c2ccc(C(=O)N3CCC(N4CCCC4)CC3)cc2)cc1OCc1ccc(C(=O)N2CCNC(c3ccccc3)C2)cc1. The van der Waals surface area contributed by atoms with Crippen molar-refractivity contribution in [3.05, 3.63) is 113 Å². The predicted molar refractivity (Wildman–Crippen MR) is 188 cm³/mol. The number of carbonyl (C=O) groups excluding carboxylic acids is 2. The van der Waals surface area contributed by atoms with Gasteiger partial charge in [-0.05, 0) is 85.8 Å². The van der Waals surface area contributed by atoms with Gasteiger partial charge in [0.2, 0.25) is 0 Å². The number of anilines is 1. The van der Waals surface area contributed by atoms with Crippen LogP contribution in [-0.2, 0) is 6.61 Å². The quantitative estimate of drug-likeness (QED) is 0.265. The summed E-state index contributed by atoms with van der Waals surface area (Å²) in [6.45, 7) is 6.39. The second-order valence-electron chi connectivity index (χ2n) is 13.1. The third kappa shape index (κ3) is 7.22. The van der Waals surface area contributed by atoms with E-state index in [9.17, 15) is 9.59 Å². The van der Waals surface area contributed by atoms with Crippen molar-refractivity contribution in [2.45, 2.75) is 44.4 Å². The molecule has 3 saturated heterocycles. The minimum Gasteiger partial charge on any atom is -0.485 e. The Morgan fingerprint density at radius 2 is 1.46 bits per heavy atom. The summed E-state index contributed by atoms with van der Waals surface area (Å²) in [6.07, 6.45) is 6.43. The number of hydrogen-bond donors (Lipinski definition) is 2. The van der Waals surface area contributed by atoms with Gasteiger partial charge in [0.25, 0.3) is 11.8 Å². The van der Waals surface area contributed by atoms with Crippen LogP contribution in [0.15, 0.2) is 91.1 Å². The molecule has 3 aromatic carbocycles. The Morgan fingerprint density at radius 3 is 2.17 bits per heavy atom. The van der Waals surface area contributed by atoms with E-state index in [1.165, 1.54) is 31.5 Å². The molecule has 3 aliphatic heterocycles. The fraction of sp³-hybridized carbons (Fsp3) is 0.359. The number of piperazine rings is 1. The van der Waals surface area contributed by atoms with Gasteiger partial charge in [0, 0.05) is 67.7 Å². The van der Waals surface area contributed by atoms with E-state index in [2.05, 4.69) is 27.3 Å². The molecule has 1 atom stereocenters. The van der Waals surface area contributed by atoms with Gasteiger partial charge < -0.3 is 30.5 Å². The van der Waals surface area contributed by atoms with E-state index in [4.69, 9.17) is 10.5 Å². The molecule has 248 valence electrons. The lowest BCUT2D eigenvalue weighted by Gasteiger charge is -2.36. The summed E-state index contributed by atoms with van der Waals surface area (Å²) in [5.41, 5.74) is 11.4.